The molecule has 1 aromatic rings. The van der Waals surface area contributed by atoms with E-state index in [9.17, 15) is 13.2 Å². The van der Waals surface area contributed by atoms with Crippen LogP contribution in [0.15, 0.2) is 48.2 Å². The average molecular weight is 492 g/mol. The molecule has 1 fully saturated rings. The van der Waals surface area contributed by atoms with Gasteiger partial charge in [-0.25, -0.2) is 4.58 Å². The number of hydrogen-bond donors (Lipinski definition) is 0. The van der Waals surface area contributed by atoms with Gasteiger partial charge in [-0.15, -0.1) is 0 Å². The van der Waals surface area contributed by atoms with Crippen molar-refractivity contribution in [3.8, 4) is 0 Å². The van der Waals surface area contributed by atoms with Gasteiger partial charge in [-0.2, -0.15) is 13.2 Å². The summed E-state index contributed by atoms with van der Waals surface area (Å²) in [5.74, 6) is 0.920. The van der Waals surface area contributed by atoms with Crippen molar-refractivity contribution in [1.82, 2.24) is 0 Å². The number of anilines is 1. The summed E-state index contributed by atoms with van der Waals surface area (Å²) in [5, 5.41) is -0.638. The molecule has 0 N–H and O–H groups in total. The number of benzene rings is 1. The van der Waals surface area contributed by atoms with Crippen molar-refractivity contribution in [2.45, 2.75) is 82.6 Å². The number of fused-ring (bicyclic) bond motifs is 1. The molecular weight excluding hydrogens is 453 g/mol. The number of nitrogens with zero attached hydrogens (tertiary/aromatic N) is 2. The van der Waals surface area contributed by atoms with Crippen LogP contribution >= 0.6 is 11.8 Å². The van der Waals surface area contributed by atoms with Gasteiger partial charge in [-0.1, -0.05) is 76.6 Å². The highest BCUT2D eigenvalue weighted by Crippen LogP contribution is 2.47. The molecule has 2 nitrogen and oxygen atoms in total. The zero-order valence-electron chi connectivity index (χ0n) is 20.7. The second kappa shape index (κ2) is 10.5. The first-order valence-electron chi connectivity index (χ1n) is 12.8. The largest absolute Gasteiger partial charge is 0.407 e. The number of hydrogen-bond acceptors (Lipinski definition) is 2. The maximum Gasteiger partial charge on any atom is 0.407 e. The summed E-state index contributed by atoms with van der Waals surface area (Å²) in [6.07, 6.45) is 11.1. The Kier molecular flexibility index (Phi) is 7.85. The fourth-order valence-electron chi connectivity index (χ4n) is 5.75. The van der Waals surface area contributed by atoms with Crippen LogP contribution in [0.2, 0.25) is 0 Å². The van der Waals surface area contributed by atoms with Crippen LogP contribution in [-0.2, 0) is 5.41 Å². The van der Waals surface area contributed by atoms with Gasteiger partial charge in [0.2, 0.25) is 5.04 Å². The molecule has 6 heteroatoms. The number of unbranched alkanes of at least 4 members (excludes halogenated alkanes) is 1. The summed E-state index contributed by atoms with van der Waals surface area (Å²) in [6, 6.07) is 8.60. The van der Waals surface area contributed by atoms with Crippen molar-refractivity contribution >= 4 is 22.5 Å². The molecule has 0 amide bonds. The Morgan fingerprint density at radius 3 is 2.59 bits per heavy atom. The highest BCUT2D eigenvalue weighted by atomic mass is 32.2. The Balaban J connectivity index is 1.50. The van der Waals surface area contributed by atoms with Gasteiger partial charge in [-0.3, -0.25) is 0 Å². The predicted octanol–water partition coefficient (Wildman–Crippen LogP) is 7.69. The minimum atomic E-state index is -4.17. The molecule has 186 valence electrons. The quantitative estimate of drug-likeness (QED) is 0.272. The molecule has 34 heavy (non-hydrogen) atoms. The van der Waals surface area contributed by atoms with E-state index in [-0.39, 0.29) is 12.0 Å². The second-order valence-corrected chi connectivity index (χ2v) is 11.6. The van der Waals surface area contributed by atoms with E-state index in [0.29, 0.717) is 11.6 Å². The zero-order chi connectivity index (χ0) is 24.3. The molecule has 0 aromatic heterocycles. The lowest BCUT2D eigenvalue weighted by Crippen LogP contribution is -2.30. The molecule has 0 bridgehead atoms. The zero-order valence-corrected chi connectivity index (χ0v) is 21.5. The number of rotatable bonds is 8. The van der Waals surface area contributed by atoms with Gasteiger partial charge in [-0.05, 0) is 48.7 Å². The number of halogens is 3. The van der Waals surface area contributed by atoms with Crippen LogP contribution in [0.3, 0.4) is 0 Å². The van der Waals surface area contributed by atoms with Crippen LogP contribution in [0.4, 0.5) is 18.9 Å². The molecule has 1 unspecified atom stereocenters. The Hall–Kier alpha value is -1.69. The van der Waals surface area contributed by atoms with Crippen LogP contribution in [0.5, 0.6) is 0 Å². The average Bonchev–Trinajstić information content (AvgIpc) is 3.50. The summed E-state index contributed by atoms with van der Waals surface area (Å²) in [7, 11) is 0. The number of para-hydroxylation sites is 1. The molecule has 0 saturated heterocycles. The van der Waals surface area contributed by atoms with E-state index in [0.717, 1.165) is 30.6 Å². The Morgan fingerprint density at radius 2 is 1.88 bits per heavy atom. The fraction of sp³-hybridized carbons (Fsp3) is 0.607. The van der Waals surface area contributed by atoms with E-state index in [2.05, 4.69) is 49.1 Å². The van der Waals surface area contributed by atoms with Crippen molar-refractivity contribution < 1.29 is 17.7 Å². The summed E-state index contributed by atoms with van der Waals surface area (Å²) < 4.78 is 41.6. The van der Waals surface area contributed by atoms with Gasteiger partial charge >= 0.3 is 6.18 Å². The van der Waals surface area contributed by atoms with Crippen LogP contribution in [0, 0.1) is 5.92 Å². The highest BCUT2D eigenvalue weighted by Gasteiger charge is 2.48. The molecule has 1 atom stereocenters. The molecule has 4 rings (SSSR count). The summed E-state index contributed by atoms with van der Waals surface area (Å²) in [5.41, 5.74) is 3.67. The number of thioether (sulfide) groups is 1. The van der Waals surface area contributed by atoms with E-state index in [1.807, 2.05) is 23.7 Å². The summed E-state index contributed by atoms with van der Waals surface area (Å²) in [6.45, 7) is 8.01. The normalized spacial score (nSPS) is 24.2. The maximum atomic E-state index is 13.3. The molecule has 0 radical (unpaired) electrons. The molecule has 3 aliphatic rings. The van der Waals surface area contributed by atoms with Crippen LogP contribution in [0.1, 0.15) is 71.3 Å². The van der Waals surface area contributed by atoms with Crippen LogP contribution in [0.25, 0.3) is 0 Å². The van der Waals surface area contributed by atoms with Crippen molar-refractivity contribution in [3.05, 3.63) is 53.8 Å². The van der Waals surface area contributed by atoms with Crippen LogP contribution < -0.4 is 4.90 Å². The van der Waals surface area contributed by atoms with Gasteiger partial charge in [0, 0.05) is 29.4 Å². The van der Waals surface area contributed by atoms with Gasteiger partial charge in [0.05, 0.1) is 0 Å². The van der Waals surface area contributed by atoms with Crippen molar-refractivity contribution in [1.29, 1.82) is 0 Å². The predicted molar refractivity (Wildman–Crippen MR) is 138 cm³/mol. The van der Waals surface area contributed by atoms with E-state index in [1.54, 1.807) is 0 Å². The smallest absolute Gasteiger partial charge is 0.344 e. The third kappa shape index (κ3) is 5.42. The standard InChI is InChI=1S/C28H38F3N2S/c1-4-32-20-25(28(29,30)31)34-26(32)18-11-17-24-27(2,3)22-15-7-8-16-23(22)33(24)19-10-9-14-21-12-5-6-13-21/h7-8,11,15-18,21,25H,4-6,9-10,12-14,19-20H2,1-3H3/q+1. The lowest BCUT2D eigenvalue weighted by atomic mass is 9.84. The Bertz CT molecular complexity index is 955. The lowest BCUT2D eigenvalue weighted by molar-refractivity contribution is -0.521. The third-order valence-corrected chi connectivity index (χ3v) is 9.06. The second-order valence-electron chi connectivity index (χ2n) is 10.4. The van der Waals surface area contributed by atoms with E-state index in [4.69, 9.17) is 0 Å². The van der Waals surface area contributed by atoms with Gasteiger partial charge in [0.25, 0.3) is 0 Å². The maximum absolute atomic E-state index is 13.3. The molecule has 1 aliphatic carbocycles. The number of alkyl halides is 3. The number of allylic oxidation sites excluding steroid dienone is 3. The van der Waals surface area contributed by atoms with E-state index in [1.165, 1.54) is 55.5 Å². The van der Waals surface area contributed by atoms with Crippen molar-refractivity contribution in [2.24, 2.45) is 5.92 Å². The first kappa shape index (κ1) is 25.4. The Labute approximate surface area is 207 Å². The first-order chi connectivity index (χ1) is 16.2. The molecule has 1 aromatic carbocycles. The van der Waals surface area contributed by atoms with Gasteiger partial charge in [0.1, 0.15) is 6.54 Å². The molecule has 2 aliphatic heterocycles. The topological polar surface area (TPSA) is 6.25 Å². The van der Waals surface area contributed by atoms with Gasteiger partial charge in [0.15, 0.2) is 11.8 Å². The van der Waals surface area contributed by atoms with Gasteiger partial charge < -0.3 is 4.90 Å². The summed E-state index contributed by atoms with van der Waals surface area (Å²) in [4.78, 5) is 2.44. The lowest BCUT2D eigenvalue weighted by Gasteiger charge is -2.27. The molecule has 0 spiro atoms. The molecule has 1 saturated carbocycles. The minimum Gasteiger partial charge on any atom is -0.344 e. The van der Waals surface area contributed by atoms with E-state index >= 15 is 0 Å². The van der Waals surface area contributed by atoms with Crippen molar-refractivity contribution in [2.75, 3.05) is 24.5 Å². The molecule has 2 heterocycles. The third-order valence-electron chi connectivity index (χ3n) is 7.72. The van der Waals surface area contributed by atoms with E-state index < -0.39 is 11.4 Å². The fourth-order valence-corrected chi connectivity index (χ4v) is 6.94. The molecular formula is C28H38F3N2S+. The monoisotopic (exact) mass is 491 g/mol. The first-order valence-corrected chi connectivity index (χ1v) is 13.7. The Morgan fingerprint density at radius 1 is 1.15 bits per heavy atom. The van der Waals surface area contributed by atoms with Crippen molar-refractivity contribution in [3.63, 3.8) is 0 Å². The SMILES string of the molecule is CC[N+]1=C(/C=C/C=C2/N(CCCCC3CCCC3)c3ccccc3C2(C)C)SC(C(F)(F)F)C1. The summed E-state index contributed by atoms with van der Waals surface area (Å²) >= 11 is 0.938. The van der Waals surface area contributed by atoms with Crippen LogP contribution in [-0.4, -0.2) is 40.7 Å². The minimum absolute atomic E-state index is 0.0327. The highest BCUT2D eigenvalue weighted by molar-refractivity contribution is 8.14.